The Kier molecular flexibility index (Phi) is 3.00. The zero-order valence-electron chi connectivity index (χ0n) is 10.2. The van der Waals surface area contributed by atoms with E-state index in [9.17, 15) is 0 Å². The molecule has 0 aliphatic heterocycles. The Hall–Kier alpha value is -2.21. The quantitative estimate of drug-likeness (QED) is 0.729. The summed E-state index contributed by atoms with van der Waals surface area (Å²) in [7, 11) is 1.97. The monoisotopic (exact) mass is 274 g/mol. The Morgan fingerprint density at radius 1 is 1.16 bits per heavy atom. The van der Waals surface area contributed by atoms with Crippen molar-refractivity contribution in [3.05, 3.63) is 47.0 Å². The maximum atomic E-state index is 5.87. The van der Waals surface area contributed by atoms with Gasteiger partial charge in [0, 0.05) is 18.6 Å². The smallest absolute Gasteiger partial charge is 0.200 e. The maximum Gasteiger partial charge on any atom is 0.200 e. The van der Waals surface area contributed by atoms with Crippen molar-refractivity contribution in [2.45, 2.75) is 6.54 Å². The Bertz CT molecular complexity index is 693. The van der Waals surface area contributed by atoms with E-state index in [1.165, 1.54) is 4.63 Å². The van der Waals surface area contributed by atoms with Crippen LogP contribution < -0.4 is 4.90 Å². The number of rotatable bonds is 3. The van der Waals surface area contributed by atoms with E-state index in [4.69, 9.17) is 11.6 Å². The molecule has 0 saturated heterocycles. The summed E-state index contributed by atoms with van der Waals surface area (Å²) in [5.41, 5.74) is 1.79. The van der Waals surface area contributed by atoms with Gasteiger partial charge in [-0.2, -0.15) is 0 Å². The van der Waals surface area contributed by atoms with Crippen molar-refractivity contribution in [2.75, 3.05) is 11.9 Å². The van der Waals surface area contributed by atoms with Crippen LogP contribution in [0.25, 0.3) is 5.65 Å². The van der Waals surface area contributed by atoms with E-state index in [-0.39, 0.29) is 0 Å². The third-order valence-corrected chi connectivity index (χ3v) is 3.03. The molecule has 0 radical (unpaired) electrons. The molecule has 0 fully saturated rings. The molecule has 0 bridgehead atoms. The van der Waals surface area contributed by atoms with Gasteiger partial charge in [-0.15, -0.1) is 14.8 Å². The molecule has 0 spiro atoms. The molecule has 19 heavy (non-hydrogen) atoms. The normalized spacial score (nSPS) is 10.8. The highest BCUT2D eigenvalue weighted by Gasteiger charge is 2.06. The standard InChI is InChI=1S/C12H11ClN6/c1-18(8-9-2-4-10(13)5-3-9)12-7-6-11-14-16-17-19(11)15-12/h2-7H,8H2,1H3. The van der Waals surface area contributed by atoms with Crippen molar-refractivity contribution in [3.8, 4) is 0 Å². The molecule has 0 saturated carbocycles. The lowest BCUT2D eigenvalue weighted by Crippen LogP contribution is -2.18. The molecule has 3 aromatic rings. The van der Waals surface area contributed by atoms with Crippen molar-refractivity contribution < 1.29 is 0 Å². The van der Waals surface area contributed by atoms with Crippen LogP contribution >= 0.6 is 11.6 Å². The first-order chi connectivity index (χ1) is 9.22. The van der Waals surface area contributed by atoms with E-state index in [2.05, 4.69) is 20.6 Å². The Morgan fingerprint density at radius 3 is 2.74 bits per heavy atom. The summed E-state index contributed by atoms with van der Waals surface area (Å²) in [6.07, 6.45) is 0. The highest BCUT2D eigenvalue weighted by atomic mass is 35.5. The first-order valence-electron chi connectivity index (χ1n) is 5.73. The van der Waals surface area contributed by atoms with Crippen molar-refractivity contribution in [3.63, 3.8) is 0 Å². The number of halogens is 1. The Labute approximate surface area is 114 Å². The minimum absolute atomic E-state index is 0.628. The third kappa shape index (κ3) is 2.48. The van der Waals surface area contributed by atoms with Crippen molar-refractivity contribution in [1.82, 2.24) is 25.3 Å². The van der Waals surface area contributed by atoms with Gasteiger partial charge >= 0.3 is 0 Å². The van der Waals surface area contributed by atoms with E-state index in [1.54, 1.807) is 0 Å². The molecule has 6 nitrogen and oxygen atoms in total. The number of anilines is 1. The summed E-state index contributed by atoms with van der Waals surface area (Å²) >= 11 is 5.87. The molecule has 2 heterocycles. The fourth-order valence-corrected chi connectivity index (χ4v) is 1.91. The largest absolute Gasteiger partial charge is 0.354 e. The summed E-state index contributed by atoms with van der Waals surface area (Å²) in [6, 6.07) is 11.5. The number of hydrogen-bond donors (Lipinski definition) is 0. The van der Waals surface area contributed by atoms with Gasteiger partial charge in [-0.25, -0.2) is 0 Å². The van der Waals surface area contributed by atoms with Crippen LogP contribution in [0.1, 0.15) is 5.56 Å². The SMILES string of the molecule is CN(Cc1ccc(Cl)cc1)c1ccc2nnnn2n1. The van der Waals surface area contributed by atoms with Crippen molar-refractivity contribution >= 4 is 23.1 Å². The van der Waals surface area contributed by atoms with Crippen molar-refractivity contribution in [1.29, 1.82) is 0 Å². The fraction of sp³-hybridized carbons (Fsp3) is 0.167. The number of benzene rings is 1. The summed E-state index contributed by atoms with van der Waals surface area (Å²) in [4.78, 5) is 2.02. The minimum Gasteiger partial charge on any atom is -0.354 e. The molecule has 0 amide bonds. The second kappa shape index (κ2) is 4.81. The third-order valence-electron chi connectivity index (χ3n) is 2.78. The van der Waals surface area contributed by atoms with Gasteiger partial charge in [-0.3, -0.25) is 0 Å². The fourth-order valence-electron chi connectivity index (χ4n) is 1.79. The van der Waals surface area contributed by atoms with Gasteiger partial charge in [0.05, 0.1) is 0 Å². The number of hydrogen-bond acceptors (Lipinski definition) is 5. The Balaban J connectivity index is 1.82. The number of fused-ring (bicyclic) bond motifs is 1. The van der Waals surface area contributed by atoms with E-state index in [1.807, 2.05) is 48.3 Å². The number of nitrogens with zero attached hydrogens (tertiary/aromatic N) is 6. The number of tetrazole rings is 1. The van der Waals surface area contributed by atoms with Gasteiger partial charge in [0.25, 0.3) is 0 Å². The molecular formula is C12H11ClN6. The molecular weight excluding hydrogens is 264 g/mol. The lowest BCUT2D eigenvalue weighted by molar-refractivity contribution is 0.720. The molecule has 0 aliphatic rings. The molecule has 96 valence electrons. The van der Waals surface area contributed by atoms with Crippen LogP contribution in [-0.2, 0) is 6.54 Å². The molecule has 1 aromatic carbocycles. The summed E-state index contributed by atoms with van der Waals surface area (Å²) in [5.74, 6) is 0.801. The van der Waals surface area contributed by atoms with Crippen LogP contribution in [0.4, 0.5) is 5.82 Å². The molecule has 0 aliphatic carbocycles. The highest BCUT2D eigenvalue weighted by molar-refractivity contribution is 6.30. The molecule has 0 atom stereocenters. The lowest BCUT2D eigenvalue weighted by atomic mass is 10.2. The Morgan fingerprint density at radius 2 is 1.95 bits per heavy atom. The second-order valence-electron chi connectivity index (χ2n) is 4.20. The van der Waals surface area contributed by atoms with Crippen LogP contribution in [0.2, 0.25) is 5.02 Å². The van der Waals surface area contributed by atoms with Gasteiger partial charge in [0.15, 0.2) is 11.5 Å². The van der Waals surface area contributed by atoms with E-state index >= 15 is 0 Å². The van der Waals surface area contributed by atoms with Crippen LogP contribution in [0.5, 0.6) is 0 Å². The summed E-state index contributed by atoms with van der Waals surface area (Å²) < 4.78 is 1.41. The van der Waals surface area contributed by atoms with Gasteiger partial charge in [-0.1, -0.05) is 23.7 Å². The number of aromatic nitrogens is 5. The minimum atomic E-state index is 0.628. The second-order valence-corrected chi connectivity index (χ2v) is 4.64. The van der Waals surface area contributed by atoms with Crippen LogP contribution in [0.3, 0.4) is 0 Å². The zero-order valence-corrected chi connectivity index (χ0v) is 11.0. The van der Waals surface area contributed by atoms with E-state index in [0.29, 0.717) is 5.65 Å². The maximum absolute atomic E-state index is 5.87. The van der Waals surface area contributed by atoms with Gasteiger partial charge in [0.2, 0.25) is 0 Å². The highest BCUT2D eigenvalue weighted by Crippen LogP contribution is 2.14. The topological polar surface area (TPSA) is 59.2 Å². The lowest BCUT2D eigenvalue weighted by Gasteiger charge is -2.17. The molecule has 0 N–H and O–H groups in total. The predicted octanol–water partition coefficient (Wildman–Crippen LogP) is 1.81. The van der Waals surface area contributed by atoms with Crippen LogP contribution in [0.15, 0.2) is 36.4 Å². The van der Waals surface area contributed by atoms with Gasteiger partial charge in [-0.05, 0) is 40.3 Å². The van der Waals surface area contributed by atoms with Gasteiger partial charge < -0.3 is 4.90 Å². The first kappa shape index (κ1) is 11.9. The van der Waals surface area contributed by atoms with Gasteiger partial charge in [0.1, 0.15) is 0 Å². The summed E-state index contributed by atoms with van der Waals surface area (Å²) in [5, 5.41) is 16.2. The molecule has 3 rings (SSSR count). The molecule has 0 unspecified atom stereocenters. The van der Waals surface area contributed by atoms with E-state index < -0.39 is 0 Å². The van der Waals surface area contributed by atoms with E-state index in [0.717, 1.165) is 22.9 Å². The predicted molar refractivity (Wildman–Crippen MR) is 72.1 cm³/mol. The molecule has 2 aromatic heterocycles. The molecule has 7 heteroatoms. The summed E-state index contributed by atoms with van der Waals surface area (Å²) in [6.45, 7) is 0.734. The first-order valence-corrected chi connectivity index (χ1v) is 6.11. The zero-order chi connectivity index (χ0) is 13.2. The van der Waals surface area contributed by atoms with Crippen molar-refractivity contribution in [2.24, 2.45) is 0 Å². The van der Waals surface area contributed by atoms with Crippen LogP contribution in [-0.4, -0.2) is 32.3 Å². The average molecular weight is 275 g/mol. The average Bonchev–Trinajstić information content (AvgIpc) is 2.88. The van der Waals surface area contributed by atoms with Crippen LogP contribution in [0, 0.1) is 0 Å².